The number of nitro groups is 1. The second kappa shape index (κ2) is 8.59. The molecule has 0 aliphatic rings. The van der Waals surface area contributed by atoms with Crippen molar-refractivity contribution in [1.82, 2.24) is 0 Å². The molecule has 1 radical (unpaired) electrons. The molecule has 3 rings (SSSR count). The fraction of sp³-hybridized carbons (Fsp3) is 0.130. The number of hydrogen-bond acceptors (Lipinski definition) is 3. The average molecular weight is 427 g/mol. The Labute approximate surface area is 176 Å². The van der Waals surface area contributed by atoms with Crippen LogP contribution in [-0.4, -0.2) is 17.0 Å². The van der Waals surface area contributed by atoms with Gasteiger partial charge < -0.3 is 5.32 Å². The summed E-state index contributed by atoms with van der Waals surface area (Å²) in [5.41, 5.74) is 1.10. The molecule has 8 heteroatoms. The first-order chi connectivity index (χ1) is 14.6. The van der Waals surface area contributed by atoms with Crippen LogP contribution < -0.4 is 5.32 Å². The second-order valence-corrected chi connectivity index (χ2v) is 6.99. The van der Waals surface area contributed by atoms with E-state index in [1.807, 2.05) is 0 Å². The van der Waals surface area contributed by atoms with Crippen molar-refractivity contribution in [2.75, 3.05) is 5.32 Å². The van der Waals surface area contributed by atoms with E-state index < -0.39 is 22.9 Å². The molecule has 0 heterocycles. The summed E-state index contributed by atoms with van der Waals surface area (Å²) in [6.07, 6.45) is -4.58. The van der Waals surface area contributed by atoms with Gasteiger partial charge in [0.1, 0.15) is 5.92 Å². The van der Waals surface area contributed by atoms with E-state index in [4.69, 9.17) is 0 Å². The first-order valence-electron chi connectivity index (χ1n) is 9.25. The topological polar surface area (TPSA) is 72.2 Å². The van der Waals surface area contributed by atoms with Crippen LogP contribution in [0.25, 0.3) is 0 Å². The molecule has 159 valence electrons. The van der Waals surface area contributed by atoms with Gasteiger partial charge in [0, 0.05) is 23.4 Å². The lowest BCUT2D eigenvalue weighted by atomic mass is 9.88. The molecule has 0 saturated heterocycles. The van der Waals surface area contributed by atoms with Crippen molar-refractivity contribution in [1.29, 1.82) is 0 Å². The van der Waals surface area contributed by atoms with Gasteiger partial charge in [-0.25, -0.2) is 0 Å². The highest BCUT2D eigenvalue weighted by molar-refractivity contribution is 6.05. The third-order valence-electron chi connectivity index (χ3n) is 4.72. The normalized spacial score (nSPS) is 11.4. The predicted octanol–water partition coefficient (Wildman–Crippen LogP) is 6.00. The van der Waals surface area contributed by atoms with Crippen molar-refractivity contribution in [3.8, 4) is 0 Å². The number of hydrogen-bond donors (Lipinski definition) is 1. The Morgan fingerprint density at radius 1 is 0.871 bits per heavy atom. The third-order valence-corrected chi connectivity index (χ3v) is 4.72. The summed E-state index contributed by atoms with van der Waals surface area (Å²) >= 11 is 0. The number of benzene rings is 3. The summed E-state index contributed by atoms with van der Waals surface area (Å²) in [7, 11) is 0. The molecule has 0 aliphatic carbocycles. The molecule has 0 saturated carbocycles. The number of carbonyl (C=O) groups excluding carboxylic acids is 1. The minimum atomic E-state index is -4.58. The van der Waals surface area contributed by atoms with Gasteiger partial charge in [0.25, 0.3) is 11.6 Å². The fourth-order valence-electron chi connectivity index (χ4n) is 3.35. The van der Waals surface area contributed by atoms with Crippen molar-refractivity contribution in [3.05, 3.63) is 111 Å². The van der Waals surface area contributed by atoms with Crippen molar-refractivity contribution < 1.29 is 22.9 Å². The molecule has 0 aliphatic heterocycles. The maximum Gasteiger partial charge on any atom is 0.403 e. The van der Waals surface area contributed by atoms with Crippen molar-refractivity contribution >= 4 is 17.3 Å². The van der Waals surface area contributed by atoms with E-state index in [1.54, 1.807) is 19.9 Å². The number of alkyl halides is 3. The molecule has 5 nitrogen and oxygen atoms in total. The Bertz CT molecular complexity index is 1110. The fourth-order valence-corrected chi connectivity index (χ4v) is 3.35. The number of carbonyl (C=O) groups is 1. The van der Waals surface area contributed by atoms with Crippen LogP contribution >= 0.6 is 0 Å². The number of aryl methyl sites for hydroxylation is 2. The lowest BCUT2D eigenvalue weighted by Gasteiger charge is -2.22. The number of halogens is 3. The standard InChI is InChI=1S/C23H18F3N2O3/c1-14-11-18(20(23(24,25)26)16-7-4-3-5-8-16)12-15(2)21(14)27-22(29)17-9-6-10-19(13-17)28(30)31/h3-13H,1-2H3,(H,27,29). The van der Waals surface area contributed by atoms with Crippen molar-refractivity contribution in [2.45, 2.75) is 20.0 Å². The largest absolute Gasteiger partial charge is 0.403 e. The van der Waals surface area contributed by atoms with Gasteiger partial charge in [-0.1, -0.05) is 48.5 Å². The van der Waals surface area contributed by atoms with Gasteiger partial charge >= 0.3 is 6.18 Å². The predicted molar refractivity (Wildman–Crippen MR) is 111 cm³/mol. The highest BCUT2D eigenvalue weighted by atomic mass is 19.4. The minimum absolute atomic E-state index is 0.0120. The summed E-state index contributed by atoms with van der Waals surface area (Å²) in [6.45, 7) is 3.19. The highest BCUT2D eigenvalue weighted by Crippen LogP contribution is 2.40. The number of amides is 1. The average Bonchev–Trinajstić information content (AvgIpc) is 2.70. The van der Waals surface area contributed by atoms with Crippen LogP contribution in [0.15, 0.2) is 66.7 Å². The zero-order valence-corrected chi connectivity index (χ0v) is 16.7. The quantitative estimate of drug-likeness (QED) is 0.401. The Morgan fingerprint density at radius 3 is 2.00 bits per heavy atom. The number of anilines is 1. The van der Waals surface area contributed by atoms with Crippen LogP contribution in [-0.2, 0) is 0 Å². The maximum atomic E-state index is 13.8. The highest BCUT2D eigenvalue weighted by Gasteiger charge is 2.43. The lowest BCUT2D eigenvalue weighted by Crippen LogP contribution is -2.23. The molecular weight excluding hydrogens is 409 g/mol. The monoisotopic (exact) mass is 427 g/mol. The Hall–Kier alpha value is -3.68. The van der Waals surface area contributed by atoms with Crippen LogP contribution in [0.3, 0.4) is 0 Å². The summed E-state index contributed by atoms with van der Waals surface area (Å²) in [5, 5.41) is 13.6. The summed E-state index contributed by atoms with van der Waals surface area (Å²) < 4.78 is 41.5. The van der Waals surface area contributed by atoms with E-state index >= 15 is 0 Å². The molecule has 0 unspecified atom stereocenters. The maximum absolute atomic E-state index is 13.8. The van der Waals surface area contributed by atoms with Gasteiger partial charge in [0.05, 0.1) is 4.92 Å². The van der Waals surface area contributed by atoms with Gasteiger partial charge in [-0.05, 0) is 42.2 Å². The molecule has 0 spiro atoms. The van der Waals surface area contributed by atoms with Crippen molar-refractivity contribution in [2.24, 2.45) is 0 Å². The van der Waals surface area contributed by atoms with Gasteiger partial charge in [0.2, 0.25) is 0 Å². The van der Waals surface area contributed by atoms with Crippen LogP contribution in [0.4, 0.5) is 24.5 Å². The number of nitro benzene ring substituents is 1. The molecule has 31 heavy (non-hydrogen) atoms. The van der Waals surface area contributed by atoms with E-state index in [-0.39, 0.29) is 22.4 Å². The van der Waals surface area contributed by atoms with E-state index in [0.29, 0.717) is 16.8 Å². The van der Waals surface area contributed by atoms with E-state index in [0.717, 1.165) is 6.07 Å². The molecule has 0 atom stereocenters. The van der Waals surface area contributed by atoms with Crippen LogP contribution in [0.1, 0.15) is 32.6 Å². The summed E-state index contributed by atoms with van der Waals surface area (Å²) in [5.74, 6) is -1.36. The smallest absolute Gasteiger partial charge is 0.321 e. The van der Waals surface area contributed by atoms with Crippen molar-refractivity contribution in [3.63, 3.8) is 0 Å². The van der Waals surface area contributed by atoms with E-state index in [1.165, 1.54) is 54.6 Å². The van der Waals surface area contributed by atoms with Gasteiger partial charge in [-0.3, -0.25) is 14.9 Å². The first-order valence-corrected chi connectivity index (χ1v) is 9.25. The number of rotatable bonds is 5. The molecule has 1 N–H and O–H groups in total. The molecule has 1 amide bonds. The molecule has 3 aromatic carbocycles. The first kappa shape index (κ1) is 22.0. The Kier molecular flexibility index (Phi) is 6.10. The lowest BCUT2D eigenvalue weighted by molar-refractivity contribution is -0.384. The van der Waals surface area contributed by atoms with Gasteiger partial charge in [-0.15, -0.1) is 0 Å². The molecule has 0 fully saturated rings. The molecule has 0 aromatic heterocycles. The number of nitrogens with zero attached hydrogens (tertiary/aromatic N) is 1. The molecule has 0 bridgehead atoms. The van der Waals surface area contributed by atoms with Crippen LogP contribution in [0, 0.1) is 29.9 Å². The van der Waals surface area contributed by atoms with Crippen LogP contribution in [0.5, 0.6) is 0 Å². The third kappa shape index (κ3) is 4.91. The number of non-ortho nitro benzene ring substituents is 1. The van der Waals surface area contributed by atoms with E-state index in [9.17, 15) is 28.1 Å². The second-order valence-electron chi connectivity index (χ2n) is 6.99. The van der Waals surface area contributed by atoms with Gasteiger partial charge in [-0.2, -0.15) is 13.2 Å². The van der Waals surface area contributed by atoms with Crippen LogP contribution in [0.2, 0.25) is 0 Å². The number of nitrogens with one attached hydrogen (secondary N) is 1. The Balaban J connectivity index is 1.96. The molecule has 3 aromatic rings. The zero-order valence-electron chi connectivity index (χ0n) is 16.7. The molecular formula is C23H18F3N2O3. The summed E-state index contributed by atoms with van der Waals surface area (Å²) in [6, 6.07) is 15.4. The minimum Gasteiger partial charge on any atom is -0.321 e. The Morgan fingerprint density at radius 2 is 1.45 bits per heavy atom. The van der Waals surface area contributed by atoms with E-state index in [2.05, 4.69) is 5.32 Å². The SMILES string of the molecule is Cc1cc([C](c2ccccc2)C(F)(F)F)cc(C)c1NC(=O)c1cccc([N+](=O)[O-])c1. The van der Waals surface area contributed by atoms with Gasteiger partial charge in [0.15, 0.2) is 0 Å². The summed E-state index contributed by atoms with van der Waals surface area (Å²) in [4.78, 5) is 22.9. The zero-order chi connectivity index (χ0) is 22.8.